The monoisotopic (exact) mass is 204 g/mol. The number of hydrogen-bond donors (Lipinski definition) is 0. The largest absolute Gasteiger partial charge is 0.363 e. The summed E-state index contributed by atoms with van der Waals surface area (Å²) in [5.41, 5.74) is 0.785. The molecule has 2 aliphatic rings. The van der Waals surface area contributed by atoms with Gasteiger partial charge in [-0.15, -0.1) is 0 Å². The maximum atomic E-state index is 6.16. The molecule has 2 nitrogen and oxygen atoms in total. The standard InChI is InChI=1S/C13H16O2/c1-12(2)10-11(14-10)13(3,15-12)9-7-5-4-6-8-9/h4-8,10-11H,1-3H3/t10-,11+,13+/m0/s1. The Bertz CT molecular complexity index is 385. The van der Waals surface area contributed by atoms with E-state index < -0.39 is 0 Å². The fourth-order valence-corrected chi connectivity index (χ4v) is 2.71. The number of ether oxygens (including phenoxy) is 2. The highest BCUT2D eigenvalue weighted by atomic mass is 16.7. The van der Waals surface area contributed by atoms with Gasteiger partial charge in [-0.25, -0.2) is 0 Å². The first-order chi connectivity index (χ1) is 7.04. The second kappa shape index (κ2) is 2.63. The lowest BCUT2D eigenvalue weighted by molar-refractivity contribution is -0.142. The SMILES string of the molecule is CC1(C)O[C@](C)(c2ccccc2)[C@@H]2O[C@@H]21. The minimum absolute atomic E-state index is 0.157. The fourth-order valence-electron chi connectivity index (χ4n) is 2.71. The van der Waals surface area contributed by atoms with E-state index in [2.05, 4.69) is 32.9 Å². The van der Waals surface area contributed by atoms with Crippen LogP contribution in [0.5, 0.6) is 0 Å². The molecule has 2 saturated heterocycles. The van der Waals surface area contributed by atoms with Gasteiger partial charge in [-0.2, -0.15) is 0 Å². The quantitative estimate of drug-likeness (QED) is 0.655. The zero-order chi connectivity index (χ0) is 10.7. The third kappa shape index (κ3) is 1.18. The van der Waals surface area contributed by atoms with Gasteiger partial charge in [0, 0.05) is 0 Å². The molecule has 0 spiro atoms. The van der Waals surface area contributed by atoms with Crippen molar-refractivity contribution in [3.8, 4) is 0 Å². The Labute approximate surface area is 90.2 Å². The first-order valence-corrected chi connectivity index (χ1v) is 5.45. The van der Waals surface area contributed by atoms with E-state index in [1.54, 1.807) is 0 Å². The van der Waals surface area contributed by atoms with Crippen LogP contribution in [0.2, 0.25) is 0 Å². The van der Waals surface area contributed by atoms with Gasteiger partial charge < -0.3 is 9.47 Å². The van der Waals surface area contributed by atoms with Crippen molar-refractivity contribution < 1.29 is 9.47 Å². The van der Waals surface area contributed by atoms with E-state index in [0.29, 0.717) is 0 Å². The van der Waals surface area contributed by atoms with Gasteiger partial charge in [0.1, 0.15) is 17.8 Å². The Morgan fingerprint density at radius 2 is 1.67 bits per heavy atom. The lowest BCUT2D eigenvalue weighted by Crippen LogP contribution is -2.34. The van der Waals surface area contributed by atoms with Crippen molar-refractivity contribution in [3.63, 3.8) is 0 Å². The maximum Gasteiger partial charge on any atom is 0.120 e. The van der Waals surface area contributed by atoms with E-state index in [4.69, 9.17) is 9.47 Å². The third-order valence-corrected chi connectivity index (χ3v) is 3.54. The number of rotatable bonds is 1. The number of benzene rings is 1. The highest BCUT2D eigenvalue weighted by Crippen LogP contribution is 2.55. The molecule has 1 aromatic carbocycles. The highest BCUT2D eigenvalue weighted by molar-refractivity contribution is 5.30. The summed E-state index contributed by atoms with van der Waals surface area (Å²) in [6.45, 7) is 6.33. The minimum Gasteiger partial charge on any atom is -0.363 e. The van der Waals surface area contributed by atoms with Gasteiger partial charge in [0.25, 0.3) is 0 Å². The topological polar surface area (TPSA) is 21.8 Å². The molecule has 0 radical (unpaired) electrons. The van der Waals surface area contributed by atoms with Crippen LogP contribution in [0.4, 0.5) is 0 Å². The molecule has 0 N–H and O–H groups in total. The van der Waals surface area contributed by atoms with Gasteiger partial charge >= 0.3 is 0 Å². The summed E-state index contributed by atoms with van der Waals surface area (Å²) in [7, 11) is 0. The van der Waals surface area contributed by atoms with Crippen LogP contribution in [-0.4, -0.2) is 17.8 Å². The summed E-state index contributed by atoms with van der Waals surface area (Å²) < 4.78 is 11.9. The molecule has 3 atom stereocenters. The van der Waals surface area contributed by atoms with Crippen LogP contribution in [0, 0.1) is 0 Å². The van der Waals surface area contributed by atoms with E-state index in [1.807, 2.05) is 18.2 Å². The fraction of sp³-hybridized carbons (Fsp3) is 0.538. The van der Waals surface area contributed by atoms with Crippen LogP contribution >= 0.6 is 0 Å². The molecular formula is C13H16O2. The van der Waals surface area contributed by atoms with Crippen molar-refractivity contribution in [3.05, 3.63) is 35.9 Å². The molecular weight excluding hydrogens is 188 g/mol. The molecule has 0 aliphatic carbocycles. The first-order valence-electron chi connectivity index (χ1n) is 5.45. The van der Waals surface area contributed by atoms with Crippen molar-refractivity contribution in [1.29, 1.82) is 0 Å². The molecule has 3 rings (SSSR count). The van der Waals surface area contributed by atoms with E-state index in [1.165, 1.54) is 5.56 Å². The molecule has 0 saturated carbocycles. The van der Waals surface area contributed by atoms with E-state index in [9.17, 15) is 0 Å². The summed E-state index contributed by atoms with van der Waals surface area (Å²) in [5, 5.41) is 0. The van der Waals surface area contributed by atoms with Crippen LogP contribution in [0.25, 0.3) is 0 Å². The van der Waals surface area contributed by atoms with Crippen molar-refractivity contribution >= 4 is 0 Å². The van der Waals surface area contributed by atoms with Crippen molar-refractivity contribution in [2.24, 2.45) is 0 Å². The first kappa shape index (κ1) is 9.37. The zero-order valence-corrected chi connectivity index (χ0v) is 9.36. The predicted octanol–water partition coefficient (Wildman–Crippen LogP) is 2.48. The lowest BCUT2D eigenvalue weighted by Gasteiger charge is -2.31. The molecule has 2 aliphatic heterocycles. The number of hydrogen-bond acceptors (Lipinski definition) is 2. The van der Waals surface area contributed by atoms with Gasteiger partial charge in [0.05, 0.1) is 5.60 Å². The van der Waals surface area contributed by atoms with Crippen LogP contribution in [0.15, 0.2) is 30.3 Å². The Balaban J connectivity index is 2.00. The molecule has 80 valence electrons. The second-order valence-corrected chi connectivity index (χ2v) is 5.16. The lowest BCUT2D eigenvalue weighted by atomic mass is 9.92. The summed E-state index contributed by atoms with van der Waals surface area (Å²) in [4.78, 5) is 0. The van der Waals surface area contributed by atoms with Gasteiger partial charge in [0.2, 0.25) is 0 Å². The van der Waals surface area contributed by atoms with Crippen molar-refractivity contribution in [2.45, 2.75) is 44.2 Å². The number of epoxide rings is 1. The van der Waals surface area contributed by atoms with Crippen LogP contribution in [-0.2, 0) is 15.1 Å². The molecule has 2 heteroatoms. The Kier molecular flexibility index (Phi) is 1.64. The Morgan fingerprint density at radius 3 is 2.13 bits per heavy atom. The van der Waals surface area contributed by atoms with Gasteiger partial charge in [-0.3, -0.25) is 0 Å². The Hall–Kier alpha value is -0.860. The summed E-state index contributed by atoms with van der Waals surface area (Å²) >= 11 is 0. The van der Waals surface area contributed by atoms with Crippen molar-refractivity contribution in [2.75, 3.05) is 0 Å². The average molecular weight is 204 g/mol. The Morgan fingerprint density at radius 1 is 1.00 bits per heavy atom. The van der Waals surface area contributed by atoms with Gasteiger partial charge in [-0.05, 0) is 26.3 Å². The second-order valence-electron chi connectivity index (χ2n) is 5.16. The summed E-state index contributed by atoms with van der Waals surface area (Å²) in [6, 6.07) is 10.3. The zero-order valence-electron chi connectivity index (χ0n) is 9.36. The van der Waals surface area contributed by atoms with Gasteiger partial charge in [0.15, 0.2) is 0 Å². The van der Waals surface area contributed by atoms with Gasteiger partial charge in [-0.1, -0.05) is 30.3 Å². The summed E-state index contributed by atoms with van der Waals surface area (Å²) in [5.74, 6) is 0. The van der Waals surface area contributed by atoms with Crippen LogP contribution < -0.4 is 0 Å². The minimum atomic E-state index is -0.268. The third-order valence-electron chi connectivity index (χ3n) is 3.54. The van der Waals surface area contributed by atoms with Crippen molar-refractivity contribution in [1.82, 2.24) is 0 Å². The maximum absolute atomic E-state index is 6.16. The van der Waals surface area contributed by atoms with E-state index >= 15 is 0 Å². The molecule has 2 heterocycles. The molecule has 2 fully saturated rings. The van der Waals surface area contributed by atoms with Crippen LogP contribution in [0.3, 0.4) is 0 Å². The highest BCUT2D eigenvalue weighted by Gasteiger charge is 2.68. The molecule has 0 aromatic heterocycles. The average Bonchev–Trinajstić information content (AvgIpc) is 2.95. The molecule has 1 aromatic rings. The molecule has 0 bridgehead atoms. The predicted molar refractivity (Wildman–Crippen MR) is 57.6 cm³/mol. The number of fused-ring (bicyclic) bond motifs is 1. The molecule has 15 heavy (non-hydrogen) atoms. The smallest absolute Gasteiger partial charge is 0.120 e. The molecule has 0 unspecified atom stereocenters. The molecule has 0 amide bonds. The van der Waals surface area contributed by atoms with Crippen LogP contribution in [0.1, 0.15) is 26.3 Å². The summed E-state index contributed by atoms with van der Waals surface area (Å²) in [6.07, 6.45) is 0.498. The normalized spacial score (nSPS) is 41.3. The van der Waals surface area contributed by atoms with E-state index in [-0.39, 0.29) is 23.4 Å². The van der Waals surface area contributed by atoms with E-state index in [0.717, 1.165) is 0 Å².